The maximum atomic E-state index is 11.4. The molecule has 0 aliphatic rings. The molecule has 0 amide bonds. The van der Waals surface area contributed by atoms with E-state index in [1.165, 1.54) is 17.3 Å². The fraction of sp³-hybridized carbons (Fsp3) is 0.182. The SMILES string of the molecule is O=C(COc1ccc(Br)cc1)OCn1cncn1. The Morgan fingerprint density at radius 1 is 1.33 bits per heavy atom. The number of benzene rings is 1. The van der Waals surface area contributed by atoms with Gasteiger partial charge in [-0.2, -0.15) is 5.10 Å². The number of halogens is 1. The van der Waals surface area contributed by atoms with Crippen LogP contribution in [-0.2, 0) is 16.3 Å². The van der Waals surface area contributed by atoms with Gasteiger partial charge < -0.3 is 9.47 Å². The van der Waals surface area contributed by atoms with Crippen LogP contribution >= 0.6 is 15.9 Å². The molecule has 0 fully saturated rings. The van der Waals surface area contributed by atoms with E-state index in [9.17, 15) is 4.79 Å². The minimum atomic E-state index is -0.464. The molecule has 0 aliphatic carbocycles. The molecule has 0 N–H and O–H groups in total. The van der Waals surface area contributed by atoms with E-state index in [4.69, 9.17) is 9.47 Å². The molecule has 2 rings (SSSR count). The topological polar surface area (TPSA) is 66.2 Å². The van der Waals surface area contributed by atoms with E-state index in [2.05, 4.69) is 26.0 Å². The number of esters is 1. The lowest BCUT2D eigenvalue weighted by molar-refractivity contribution is -0.150. The predicted octanol–water partition coefficient (Wildman–Crippen LogP) is 1.62. The minimum Gasteiger partial charge on any atom is -0.482 e. The summed E-state index contributed by atoms with van der Waals surface area (Å²) in [6.07, 6.45) is 2.83. The van der Waals surface area contributed by atoms with Gasteiger partial charge in [0, 0.05) is 4.47 Å². The monoisotopic (exact) mass is 311 g/mol. The van der Waals surface area contributed by atoms with Crippen molar-refractivity contribution < 1.29 is 14.3 Å². The van der Waals surface area contributed by atoms with Gasteiger partial charge in [-0.25, -0.2) is 14.5 Å². The normalized spacial score (nSPS) is 10.1. The van der Waals surface area contributed by atoms with Crippen molar-refractivity contribution >= 4 is 21.9 Å². The van der Waals surface area contributed by atoms with E-state index in [1.54, 1.807) is 12.1 Å². The lowest BCUT2D eigenvalue weighted by Gasteiger charge is -2.06. The zero-order chi connectivity index (χ0) is 12.8. The van der Waals surface area contributed by atoms with Crippen LogP contribution in [-0.4, -0.2) is 27.3 Å². The van der Waals surface area contributed by atoms with E-state index in [-0.39, 0.29) is 13.3 Å². The smallest absolute Gasteiger partial charge is 0.345 e. The van der Waals surface area contributed by atoms with E-state index in [0.717, 1.165) is 4.47 Å². The highest BCUT2D eigenvalue weighted by molar-refractivity contribution is 9.10. The maximum Gasteiger partial charge on any atom is 0.345 e. The summed E-state index contributed by atoms with van der Waals surface area (Å²) < 4.78 is 12.5. The first kappa shape index (κ1) is 12.6. The number of hydrogen-bond donors (Lipinski definition) is 0. The summed E-state index contributed by atoms with van der Waals surface area (Å²) in [5.74, 6) is 0.143. The van der Waals surface area contributed by atoms with Crippen molar-refractivity contribution in [3.05, 3.63) is 41.4 Å². The van der Waals surface area contributed by atoms with Gasteiger partial charge in [-0.05, 0) is 24.3 Å². The summed E-state index contributed by atoms with van der Waals surface area (Å²) in [5.41, 5.74) is 0. The summed E-state index contributed by atoms with van der Waals surface area (Å²) in [4.78, 5) is 15.1. The molecule has 0 unspecified atom stereocenters. The average molecular weight is 312 g/mol. The lowest BCUT2D eigenvalue weighted by Crippen LogP contribution is -2.17. The Balaban J connectivity index is 1.73. The van der Waals surface area contributed by atoms with Crippen LogP contribution in [0.5, 0.6) is 5.75 Å². The van der Waals surface area contributed by atoms with Crippen LogP contribution in [0.15, 0.2) is 41.4 Å². The molecule has 6 nitrogen and oxygen atoms in total. The number of aromatic nitrogens is 3. The van der Waals surface area contributed by atoms with Gasteiger partial charge >= 0.3 is 5.97 Å². The third kappa shape index (κ3) is 3.85. The third-order valence-corrected chi connectivity index (χ3v) is 2.52. The predicted molar refractivity (Wildman–Crippen MR) is 65.8 cm³/mol. The van der Waals surface area contributed by atoms with Crippen molar-refractivity contribution in [2.75, 3.05) is 6.61 Å². The molecule has 0 bridgehead atoms. The molecule has 1 aromatic heterocycles. The maximum absolute atomic E-state index is 11.4. The molecule has 1 aromatic carbocycles. The van der Waals surface area contributed by atoms with Crippen molar-refractivity contribution in [2.24, 2.45) is 0 Å². The fourth-order valence-electron chi connectivity index (χ4n) is 1.15. The Morgan fingerprint density at radius 2 is 2.11 bits per heavy atom. The summed E-state index contributed by atoms with van der Waals surface area (Å²) >= 11 is 3.31. The van der Waals surface area contributed by atoms with Crippen molar-refractivity contribution in [1.29, 1.82) is 0 Å². The number of carbonyl (C=O) groups excluding carboxylic acids is 1. The molecular weight excluding hydrogens is 302 g/mol. The highest BCUT2D eigenvalue weighted by Gasteiger charge is 2.04. The molecular formula is C11H10BrN3O3. The second kappa shape index (κ2) is 6.15. The van der Waals surface area contributed by atoms with Gasteiger partial charge in [-0.3, -0.25) is 0 Å². The lowest BCUT2D eigenvalue weighted by atomic mass is 10.3. The molecule has 7 heteroatoms. The largest absolute Gasteiger partial charge is 0.482 e. The Morgan fingerprint density at radius 3 is 2.78 bits per heavy atom. The van der Waals surface area contributed by atoms with Crippen LogP contribution in [0.1, 0.15) is 0 Å². The van der Waals surface area contributed by atoms with Gasteiger partial charge in [0.15, 0.2) is 13.3 Å². The van der Waals surface area contributed by atoms with Crippen LogP contribution in [0.3, 0.4) is 0 Å². The van der Waals surface area contributed by atoms with E-state index in [1.807, 2.05) is 12.1 Å². The van der Waals surface area contributed by atoms with Gasteiger partial charge in [0.1, 0.15) is 18.4 Å². The number of carbonyl (C=O) groups is 1. The molecule has 1 heterocycles. The standard InChI is InChI=1S/C11H10BrN3O3/c12-9-1-3-10(4-2-9)17-5-11(16)18-8-15-7-13-6-14-15/h1-4,6-7H,5,8H2. The Kier molecular flexibility index (Phi) is 4.30. The van der Waals surface area contributed by atoms with Gasteiger partial charge in [0.2, 0.25) is 0 Å². The van der Waals surface area contributed by atoms with Crippen LogP contribution in [0.2, 0.25) is 0 Å². The van der Waals surface area contributed by atoms with Crippen molar-refractivity contribution in [1.82, 2.24) is 14.8 Å². The third-order valence-electron chi connectivity index (χ3n) is 1.99. The quantitative estimate of drug-likeness (QED) is 0.785. The first-order valence-corrected chi connectivity index (χ1v) is 5.90. The molecule has 2 aromatic rings. The highest BCUT2D eigenvalue weighted by Crippen LogP contribution is 2.15. The number of rotatable bonds is 5. The van der Waals surface area contributed by atoms with Gasteiger partial charge in [-0.15, -0.1) is 0 Å². The molecule has 0 atom stereocenters. The number of nitrogens with zero attached hydrogens (tertiary/aromatic N) is 3. The Bertz CT molecular complexity index is 499. The van der Waals surface area contributed by atoms with E-state index < -0.39 is 5.97 Å². The van der Waals surface area contributed by atoms with Crippen molar-refractivity contribution in [3.8, 4) is 5.75 Å². The molecule has 0 spiro atoms. The van der Waals surface area contributed by atoms with E-state index >= 15 is 0 Å². The summed E-state index contributed by atoms with van der Waals surface area (Å²) in [6, 6.07) is 7.18. The summed E-state index contributed by atoms with van der Waals surface area (Å²) in [5, 5.41) is 3.80. The minimum absolute atomic E-state index is 0.0303. The van der Waals surface area contributed by atoms with Gasteiger partial charge in [0.25, 0.3) is 0 Å². The molecule has 18 heavy (non-hydrogen) atoms. The second-order valence-electron chi connectivity index (χ2n) is 3.32. The second-order valence-corrected chi connectivity index (χ2v) is 4.24. The molecule has 0 saturated heterocycles. The number of ether oxygens (including phenoxy) is 2. The van der Waals surface area contributed by atoms with Gasteiger partial charge in [0.05, 0.1) is 0 Å². The highest BCUT2D eigenvalue weighted by atomic mass is 79.9. The van der Waals surface area contributed by atoms with E-state index in [0.29, 0.717) is 5.75 Å². The Labute approximate surface area is 112 Å². The van der Waals surface area contributed by atoms with Gasteiger partial charge in [-0.1, -0.05) is 15.9 Å². The first-order chi connectivity index (χ1) is 8.74. The molecule has 0 aliphatic heterocycles. The van der Waals surface area contributed by atoms with Crippen molar-refractivity contribution in [2.45, 2.75) is 6.73 Å². The van der Waals surface area contributed by atoms with Crippen LogP contribution in [0.4, 0.5) is 0 Å². The molecule has 0 radical (unpaired) electrons. The Hall–Kier alpha value is -1.89. The summed E-state index contributed by atoms with van der Waals surface area (Å²) in [6.45, 7) is -0.112. The molecule has 0 saturated carbocycles. The van der Waals surface area contributed by atoms with Crippen LogP contribution in [0.25, 0.3) is 0 Å². The fourth-order valence-corrected chi connectivity index (χ4v) is 1.42. The van der Waals surface area contributed by atoms with Crippen LogP contribution in [0, 0.1) is 0 Å². The van der Waals surface area contributed by atoms with Crippen LogP contribution < -0.4 is 4.74 Å². The zero-order valence-electron chi connectivity index (χ0n) is 9.32. The first-order valence-electron chi connectivity index (χ1n) is 5.10. The van der Waals surface area contributed by atoms with Crippen molar-refractivity contribution in [3.63, 3.8) is 0 Å². The average Bonchev–Trinajstić information content (AvgIpc) is 2.89. The molecule has 94 valence electrons. The number of hydrogen-bond acceptors (Lipinski definition) is 5. The zero-order valence-corrected chi connectivity index (χ0v) is 10.9. The summed E-state index contributed by atoms with van der Waals surface area (Å²) in [7, 11) is 0.